The van der Waals surface area contributed by atoms with E-state index >= 15 is 0 Å². The van der Waals surface area contributed by atoms with Crippen molar-refractivity contribution in [2.24, 2.45) is 0 Å². The van der Waals surface area contributed by atoms with Crippen LogP contribution in [0.1, 0.15) is 149 Å². The molecule has 786 valence electrons. The molecule has 3 N–H and O–H groups in total. The van der Waals surface area contributed by atoms with Crippen LogP contribution in [0.2, 0.25) is 0 Å². The van der Waals surface area contributed by atoms with Crippen LogP contribution in [-0.2, 0) is 116 Å². The first-order valence-electron chi connectivity index (χ1n) is 48.3. The molecule has 12 aromatic rings. The van der Waals surface area contributed by atoms with Gasteiger partial charge in [0.05, 0.1) is 84.8 Å². The third-order valence-electron chi connectivity index (χ3n) is 26.8. The molecule has 7 aliphatic heterocycles. The predicted molar refractivity (Wildman–Crippen MR) is 554 cm³/mol. The molecule has 9 aromatic carbocycles. The number of sulfonamides is 3. The molecule has 7 amide bonds. The number of anilines is 3. The van der Waals surface area contributed by atoms with Gasteiger partial charge in [0.15, 0.2) is 17.2 Å². The van der Waals surface area contributed by atoms with Crippen molar-refractivity contribution in [2.45, 2.75) is 115 Å². The zero-order valence-electron chi connectivity index (χ0n) is 83.8. The number of β-amino-alcohol motifs (C(OH)–C–C–N with tert-alkyl or cyclic N) is 1. The number of phenols is 1. The Bertz CT molecular complexity index is 7580. The summed E-state index contributed by atoms with van der Waals surface area (Å²) >= 11 is 0. The first kappa shape index (κ1) is 109. The molecule has 4 saturated heterocycles. The molecule has 149 heavy (non-hydrogen) atoms. The van der Waals surface area contributed by atoms with Crippen LogP contribution in [-0.4, -0.2) is 262 Å². The summed E-state index contributed by atoms with van der Waals surface area (Å²) in [5.74, 6) is -0.0728. The van der Waals surface area contributed by atoms with Gasteiger partial charge in [-0.05, 0) is 187 Å². The number of carbonyl (C=O) groups excluding carboxylic acids is 7. The predicted octanol–water partition coefficient (Wildman–Crippen LogP) is 12.3. The molecule has 35 nitrogen and oxygen atoms in total. The molecule has 0 unspecified atom stereocenters. The Labute approximate surface area is 862 Å². The summed E-state index contributed by atoms with van der Waals surface area (Å²) < 4.78 is 172. The number of hydrogen-bond acceptors (Lipinski definition) is 25. The van der Waals surface area contributed by atoms with Crippen molar-refractivity contribution in [1.29, 1.82) is 0 Å². The summed E-state index contributed by atoms with van der Waals surface area (Å²) in [5, 5.41) is 23.8. The van der Waals surface area contributed by atoms with E-state index in [-0.39, 0.29) is 150 Å². The molecule has 0 bridgehead atoms. The van der Waals surface area contributed by atoms with E-state index in [1.807, 2.05) is 67.6 Å². The smallest absolute Gasteiger partial charge is 0.297 e. The number of hydrogen-bond donors (Lipinski definition) is 3. The van der Waals surface area contributed by atoms with Crippen molar-refractivity contribution in [3.63, 3.8) is 0 Å². The van der Waals surface area contributed by atoms with Crippen molar-refractivity contribution in [2.75, 3.05) is 146 Å². The van der Waals surface area contributed by atoms with Crippen molar-refractivity contribution in [1.82, 2.24) is 49.7 Å². The van der Waals surface area contributed by atoms with Crippen molar-refractivity contribution in [3.05, 3.63) is 283 Å². The van der Waals surface area contributed by atoms with Crippen LogP contribution in [0.15, 0.2) is 187 Å². The van der Waals surface area contributed by atoms with Crippen LogP contribution in [0.3, 0.4) is 0 Å². The quantitative estimate of drug-likeness (QED) is 0.0322. The fraction of sp³-hybridized carbons (Fsp3) is 0.346. The minimum atomic E-state index is -3.76. The number of halogens is 3. The van der Waals surface area contributed by atoms with E-state index in [9.17, 15) is 85.5 Å². The van der Waals surface area contributed by atoms with E-state index in [1.54, 1.807) is 112 Å². The topological polar surface area (TPSA) is 423 Å². The molecule has 0 spiro atoms. The van der Waals surface area contributed by atoms with Gasteiger partial charge in [0, 0.05) is 183 Å². The molecule has 0 radical (unpaired) electrons. The highest BCUT2D eigenvalue weighted by molar-refractivity contribution is 7.92. The van der Waals surface area contributed by atoms with Gasteiger partial charge in [-0.25, -0.2) is 38.4 Å². The van der Waals surface area contributed by atoms with Crippen molar-refractivity contribution >= 4 is 131 Å². The molecular formula is C107H116F3N13O22S4. The van der Waals surface area contributed by atoms with Crippen LogP contribution < -0.4 is 37.2 Å². The molecule has 0 atom stereocenters. The lowest BCUT2D eigenvalue weighted by atomic mass is 9.98. The highest BCUT2D eigenvalue weighted by atomic mass is 32.2. The number of ether oxygens (including phenoxy) is 4. The second-order valence-electron chi connectivity index (χ2n) is 37.1. The Hall–Kier alpha value is -14.6. The molecule has 4 fully saturated rings. The molecule has 0 aliphatic carbocycles. The maximum absolute atomic E-state index is 14.1. The fourth-order valence-electron chi connectivity index (χ4n) is 18.7. The van der Waals surface area contributed by atoms with E-state index in [0.717, 1.165) is 105 Å². The van der Waals surface area contributed by atoms with Crippen LogP contribution >= 0.6 is 0 Å². The number of carbonyl (C=O) groups is 7. The lowest BCUT2D eigenvalue weighted by Gasteiger charge is -2.24. The summed E-state index contributed by atoms with van der Waals surface area (Å²) in [6.45, 7) is 7.62. The normalized spacial score (nSPS) is 14.9. The SMILES string of the molecule is CN(c1c2c(c(O)c3ncc(Cc4ccc(F)cc4)cc13)C(=O)N(CCN1CCCC1=O)C2)S(C)(=O)=O.COc1ccc(COc2c3c(c(N(C)S(C)(=O)=O)c4cc(Cc5ccc(F)cc5)cnc24)CN(CCN2CCCC2=O)C3=O)cc1.COc1ccc(COc2c3c(c(N(C)S(C)(=O)=O)c4cc(Cc5ccc(F)cc5)cnc24)CNC3=O)cc1.Cc1ccc(S(=O)(=O)OCCN2CCCC2=O)cc1.O=C1CCCN1CCO. The summed E-state index contributed by atoms with van der Waals surface area (Å²) in [5.41, 5.74) is 11.4. The van der Waals surface area contributed by atoms with Gasteiger partial charge in [-0.1, -0.05) is 78.4 Å². The summed E-state index contributed by atoms with van der Waals surface area (Å²) in [6.07, 6.45) is 15.1. The number of aliphatic hydroxyl groups excluding tert-OH is 1. The molecular weight excluding hydrogens is 2000 g/mol. The van der Waals surface area contributed by atoms with Crippen molar-refractivity contribution in [3.8, 4) is 28.7 Å². The van der Waals surface area contributed by atoms with Gasteiger partial charge >= 0.3 is 0 Å². The molecule has 42 heteroatoms. The van der Waals surface area contributed by atoms with Gasteiger partial charge in [-0.3, -0.25) is 65.6 Å². The molecule has 7 aliphatic rings. The van der Waals surface area contributed by atoms with E-state index in [4.69, 9.17) is 33.2 Å². The number of likely N-dealkylation sites (tertiary alicyclic amines) is 4. The second kappa shape index (κ2) is 46.9. The zero-order valence-corrected chi connectivity index (χ0v) is 87.1. The maximum atomic E-state index is 14.1. The van der Waals surface area contributed by atoms with E-state index in [2.05, 4.69) is 15.3 Å². The standard InChI is InChI=1S/C34H35FN4O6S.C28H26FN3O5S.C26H27FN4O5S.C13H17NO4S.C6H11NO2/c1-37(46(3,42)43)32-27-18-24(17-22-6-10-25(35)11-7-22)19-36-31(27)33(45-21-23-8-12-26(44-2)13-9-23)30-28(32)20-39(34(30)41)16-15-38-14-4-5-29(38)40;1-32(38(3,34)35)26-22-13-19(12-17-4-8-20(29)9-5-17)14-30-25(22)27(24-23(26)15-31-28(24)33)37-16-18-6-10-21(36-2)11-7-18;1-29(37(2,35)36)24-19-13-17(12-16-5-7-18(27)8-6-16)14-28-23(19)25(33)22-20(24)15-31(26(22)34)11-10-30-9-3-4-21(30)32;1-11-4-6-12(7-5-11)19(16,17)18-10-9-14-8-2-3-13(14)15;8-5-4-7-3-1-2-6(7)9/h6-13,18-19H,4-5,14-17,20-21H2,1-3H3;4-11,13-14H,12,15-16H2,1-3H3,(H,31,33);5-8,13-14,33H,3-4,9-12,15H2,1-2H3;4-7H,2-3,8-10H2,1H3;8H,1-5H2. The Morgan fingerprint density at radius 3 is 1.11 bits per heavy atom. The zero-order chi connectivity index (χ0) is 107. The van der Waals surface area contributed by atoms with Crippen LogP contribution in [0.25, 0.3) is 32.7 Å². The number of aromatic hydroxyl groups is 1. The third kappa shape index (κ3) is 25.7. The third-order valence-corrected chi connectivity index (χ3v) is 31.6. The van der Waals surface area contributed by atoms with Gasteiger partial charge in [-0.2, -0.15) is 8.42 Å². The summed E-state index contributed by atoms with van der Waals surface area (Å²) in [4.78, 5) is 111. The average molecular weight is 2120 g/mol. The number of rotatable bonds is 33. The number of fused-ring (bicyclic) bond motifs is 6. The van der Waals surface area contributed by atoms with Gasteiger partial charge in [0.25, 0.3) is 27.8 Å². The number of nitrogens with one attached hydrogen (secondary N) is 1. The number of phenolic OH excluding ortho intramolecular Hbond substituents is 1. The molecule has 3 aromatic heterocycles. The Morgan fingerprint density at radius 1 is 0.403 bits per heavy atom. The Morgan fingerprint density at radius 2 is 0.738 bits per heavy atom. The fourth-order valence-corrected chi connectivity index (χ4v) is 21.2. The largest absolute Gasteiger partial charge is 0.505 e. The van der Waals surface area contributed by atoms with Gasteiger partial charge in [-0.15, -0.1) is 0 Å². The van der Waals surface area contributed by atoms with Gasteiger partial charge in [0.1, 0.15) is 58.7 Å². The highest BCUT2D eigenvalue weighted by Crippen LogP contribution is 2.49. The minimum Gasteiger partial charge on any atom is -0.505 e. The van der Waals surface area contributed by atoms with Crippen LogP contribution in [0.4, 0.5) is 30.2 Å². The van der Waals surface area contributed by atoms with E-state index < -0.39 is 46.1 Å². The van der Waals surface area contributed by atoms with Crippen LogP contribution in [0.5, 0.6) is 28.7 Å². The number of amides is 7. The number of methoxy groups -OCH3 is 2. The van der Waals surface area contributed by atoms with Gasteiger partial charge < -0.3 is 63.9 Å². The first-order valence-corrected chi connectivity index (χ1v) is 55.2. The first-order chi connectivity index (χ1) is 71.1. The van der Waals surface area contributed by atoms with E-state index in [1.165, 1.54) is 83.2 Å². The van der Waals surface area contributed by atoms with Crippen molar-refractivity contribution < 1.29 is 114 Å². The van der Waals surface area contributed by atoms with E-state index in [0.29, 0.717) is 170 Å². The molecule has 19 rings (SSSR count). The van der Waals surface area contributed by atoms with Crippen LogP contribution in [0, 0.1) is 24.4 Å². The Balaban J connectivity index is 0.000000149. The lowest BCUT2D eigenvalue weighted by Crippen LogP contribution is -2.36. The molecule has 10 heterocycles. The number of pyridine rings is 3. The Kier molecular flexibility index (Phi) is 34.2. The average Bonchev–Trinajstić information content (AvgIpc) is 1.66. The second-order valence-corrected chi connectivity index (χ2v) is 44.8. The summed E-state index contributed by atoms with van der Waals surface area (Å²) in [6, 6.07) is 45.0. The minimum absolute atomic E-state index is 0.00193. The number of nitrogens with zero attached hydrogens (tertiary/aromatic N) is 12. The number of aryl methyl sites for hydroxylation is 1. The maximum Gasteiger partial charge on any atom is 0.297 e. The number of aromatic nitrogens is 3. The van der Waals surface area contributed by atoms with Gasteiger partial charge in [0.2, 0.25) is 53.7 Å². The molecule has 0 saturated carbocycles. The number of aliphatic hydroxyl groups is 1. The summed E-state index contributed by atoms with van der Waals surface area (Å²) in [7, 11) is -7.37. The monoisotopic (exact) mass is 2120 g/mol. The highest BCUT2D eigenvalue weighted by Gasteiger charge is 2.42. The number of benzene rings is 9. The lowest BCUT2D eigenvalue weighted by molar-refractivity contribution is -0.128.